The second kappa shape index (κ2) is 14.1. The van der Waals surface area contributed by atoms with Gasteiger partial charge in [-0.15, -0.1) is 0 Å². The SMILES string of the molecule is COc1cc(CNCC(N)Cc2ccc(OCc3ccccc3)c(OC)c2)ccc1OCc1ccccc1. The van der Waals surface area contributed by atoms with Crippen LogP contribution in [0.3, 0.4) is 0 Å². The summed E-state index contributed by atoms with van der Waals surface area (Å²) < 4.78 is 23.0. The van der Waals surface area contributed by atoms with Crippen LogP contribution in [0.1, 0.15) is 22.3 Å². The van der Waals surface area contributed by atoms with Crippen LogP contribution in [0, 0.1) is 0 Å². The number of rotatable bonds is 14. The number of hydrogen-bond donors (Lipinski definition) is 2. The summed E-state index contributed by atoms with van der Waals surface area (Å²) in [7, 11) is 3.31. The average molecular weight is 513 g/mol. The normalized spacial score (nSPS) is 11.6. The molecule has 1 unspecified atom stereocenters. The first-order chi connectivity index (χ1) is 18.6. The summed E-state index contributed by atoms with van der Waals surface area (Å²) in [6.07, 6.45) is 0.720. The molecule has 0 saturated heterocycles. The van der Waals surface area contributed by atoms with E-state index in [-0.39, 0.29) is 6.04 Å². The Balaban J connectivity index is 1.25. The van der Waals surface area contributed by atoms with Crippen molar-refractivity contribution < 1.29 is 18.9 Å². The highest BCUT2D eigenvalue weighted by atomic mass is 16.5. The van der Waals surface area contributed by atoms with Crippen molar-refractivity contribution in [3.63, 3.8) is 0 Å². The Hall–Kier alpha value is -4.00. The minimum atomic E-state index is -0.0498. The van der Waals surface area contributed by atoms with Gasteiger partial charge in [-0.3, -0.25) is 0 Å². The molecule has 1 atom stereocenters. The highest BCUT2D eigenvalue weighted by Gasteiger charge is 2.11. The molecule has 0 aliphatic carbocycles. The van der Waals surface area contributed by atoms with Gasteiger partial charge in [-0.05, 0) is 52.9 Å². The van der Waals surface area contributed by atoms with Gasteiger partial charge in [0, 0.05) is 19.1 Å². The van der Waals surface area contributed by atoms with Gasteiger partial charge in [-0.25, -0.2) is 0 Å². The molecule has 4 aromatic carbocycles. The molecule has 6 nitrogen and oxygen atoms in total. The second-order valence-electron chi connectivity index (χ2n) is 9.11. The summed E-state index contributed by atoms with van der Waals surface area (Å²) in [5, 5.41) is 3.45. The van der Waals surface area contributed by atoms with E-state index in [0.717, 1.165) is 40.2 Å². The third-order valence-electron chi connectivity index (χ3n) is 6.16. The lowest BCUT2D eigenvalue weighted by Crippen LogP contribution is -2.35. The van der Waals surface area contributed by atoms with Crippen molar-refractivity contribution in [2.75, 3.05) is 20.8 Å². The van der Waals surface area contributed by atoms with Crippen molar-refractivity contribution in [3.8, 4) is 23.0 Å². The molecule has 4 rings (SSSR count). The number of hydrogen-bond acceptors (Lipinski definition) is 6. The second-order valence-corrected chi connectivity index (χ2v) is 9.11. The Kier molecular flexibility index (Phi) is 10.0. The molecule has 0 spiro atoms. The molecular formula is C32H36N2O4. The Bertz CT molecular complexity index is 1270. The third kappa shape index (κ3) is 8.00. The van der Waals surface area contributed by atoms with Crippen LogP contribution in [-0.4, -0.2) is 26.8 Å². The predicted octanol–water partition coefficient (Wildman–Crippen LogP) is 5.52. The van der Waals surface area contributed by atoms with E-state index in [9.17, 15) is 0 Å². The Labute approximate surface area is 225 Å². The van der Waals surface area contributed by atoms with Gasteiger partial charge in [0.2, 0.25) is 0 Å². The first-order valence-corrected chi connectivity index (χ1v) is 12.8. The zero-order valence-corrected chi connectivity index (χ0v) is 22.1. The predicted molar refractivity (Wildman–Crippen MR) is 151 cm³/mol. The number of benzene rings is 4. The van der Waals surface area contributed by atoms with E-state index in [2.05, 4.69) is 5.32 Å². The van der Waals surface area contributed by atoms with Crippen LogP contribution in [0.15, 0.2) is 97.1 Å². The lowest BCUT2D eigenvalue weighted by molar-refractivity contribution is 0.284. The van der Waals surface area contributed by atoms with Gasteiger partial charge in [0.15, 0.2) is 23.0 Å². The van der Waals surface area contributed by atoms with Crippen LogP contribution in [-0.2, 0) is 26.2 Å². The fraction of sp³-hybridized carbons (Fsp3) is 0.250. The lowest BCUT2D eigenvalue weighted by atomic mass is 10.1. The van der Waals surface area contributed by atoms with E-state index in [1.807, 2.05) is 97.1 Å². The smallest absolute Gasteiger partial charge is 0.161 e. The standard InChI is InChI=1S/C32H36N2O4/c1-35-31-18-26(13-15-29(31)37-22-24-9-5-3-6-10-24)17-28(33)21-34-20-27-14-16-30(32(19-27)36-2)38-23-25-11-7-4-8-12-25/h3-16,18-19,28,34H,17,20-23,33H2,1-2H3. The van der Waals surface area contributed by atoms with Crippen LogP contribution in [0.25, 0.3) is 0 Å². The molecule has 0 heterocycles. The van der Waals surface area contributed by atoms with Gasteiger partial charge in [-0.2, -0.15) is 0 Å². The summed E-state index contributed by atoms with van der Waals surface area (Å²) in [6.45, 7) is 2.33. The molecule has 3 N–H and O–H groups in total. The van der Waals surface area contributed by atoms with E-state index >= 15 is 0 Å². The fourth-order valence-electron chi connectivity index (χ4n) is 4.15. The van der Waals surface area contributed by atoms with Crippen LogP contribution in [0.4, 0.5) is 0 Å². The molecule has 0 aromatic heterocycles. The molecule has 38 heavy (non-hydrogen) atoms. The van der Waals surface area contributed by atoms with Gasteiger partial charge in [0.1, 0.15) is 13.2 Å². The topological polar surface area (TPSA) is 75.0 Å². The lowest BCUT2D eigenvalue weighted by Gasteiger charge is -2.16. The Morgan fingerprint density at radius 2 is 1.11 bits per heavy atom. The summed E-state index contributed by atoms with van der Waals surface area (Å²) in [6, 6.07) is 32.1. The number of nitrogens with one attached hydrogen (secondary N) is 1. The molecule has 4 aromatic rings. The number of methoxy groups -OCH3 is 2. The molecule has 0 aliphatic heterocycles. The average Bonchev–Trinajstić information content (AvgIpc) is 2.96. The highest BCUT2D eigenvalue weighted by Crippen LogP contribution is 2.30. The maximum Gasteiger partial charge on any atom is 0.161 e. The van der Waals surface area contributed by atoms with E-state index < -0.39 is 0 Å². The van der Waals surface area contributed by atoms with Crippen LogP contribution < -0.4 is 30.0 Å². The highest BCUT2D eigenvalue weighted by molar-refractivity contribution is 5.44. The third-order valence-corrected chi connectivity index (χ3v) is 6.16. The van der Waals surface area contributed by atoms with Gasteiger partial charge in [0.25, 0.3) is 0 Å². The minimum absolute atomic E-state index is 0.0498. The minimum Gasteiger partial charge on any atom is -0.493 e. The zero-order chi connectivity index (χ0) is 26.6. The maximum atomic E-state index is 6.43. The van der Waals surface area contributed by atoms with Crippen molar-refractivity contribution in [2.45, 2.75) is 32.2 Å². The number of nitrogens with two attached hydrogens (primary N) is 1. The van der Waals surface area contributed by atoms with Crippen molar-refractivity contribution in [2.24, 2.45) is 5.73 Å². The first-order valence-electron chi connectivity index (χ1n) is 12.8. The molecule has 0 saturated carbocycles. The van der Waals surface area contributed by atoms with E-state index in [0.29, 0.717) is 37.8 Å². The molecule has 6 heteroatoms. The van der Waals surface area contributed by atoms with Gasteiger partial charge < -0.3 is 30.0 Å². The zero-order valence-electron chi connectivity index (χ0n) is 22.1. The summed E-state index contributed by atoms with van der Waals surface area (Å²) in [5.41, 5.74) is 10.9. The Morgan fingerprint density at radius 1 is 0.605 bits per heavy atom. The quantitative estimate of drug-likeness (QED) is 0.232. The Morgan fingerprint density at radius 3 is 1.63 bits per heavy atom. The molecule has 0 fully saturated rings. The van der Waals surface area contributed by atoms with E-state index in [4.69, 9.17) is 24.7 Å². The molecule has 0 aliphatic rings. The van der Waals surface area contributed by atoms with E-state index in [1.54, 1.807) is 14.2 Å². The maximum absolute atomic E-state index is 6.43. The van der Waals surface area contributed by atoms with Crippen LogP contribution in [0.5, 0.6) is 23.0 Å². The summed E-state index contributed by atoms with van der Waals surface area (Å²) in [5.74, 6) is 2.87. The first kappa shape index (κ1) is 27.0. The van der Waals surface area contributed by atoms with Crippen LogP contribution >= 0.6 is 0 Å². The molecule has 0 amide bonds. The van der Waals surface area contributed by atoms with Gasteiger partial charge in [-0.1, -0.05) is 72.8 Å². The summed E-state index contributed by atoms with van der Waals surface area (Å²) >= 11 is 0. The van der Waals surface area contributed by atoms with Crippen molar-refractivity contribution in [3.05, 3.63) is 119 Å². The molecular weight excluding hydrogens is 476 g/mol. The van der Waals surface area contributed by atoms with Crippen molar-refractivity contribution in [1.82, 2.24) is 5.32 Å². The van der Waals surface area contributed by atoms with Gasteiger partial charge in [0.05, 0.1) is 14.2 Å². The monoisotopic (exact) mass is 512 g/mol. The van der Waals surface area contributed by atoms with E-state index in [1.165, 1.54) is 0 Å². The van der Waals surface area contributed by atoms with Gasteiger partial charge >= 0.3 is 0 Å². The summed E-state index contributed by atoms with van der Waals surface area (Å²) in [4.78, 5) is 0. The number of ether oxygens (including phenoxy) is 4. The van der Waals surface area contributed by atoms with Crippen molar-refractivity contribution in [1.29, 1.82) is 0 Å². The van der Waals surface area contributed by atoms with Crippen molar-refractivity contribution >= 4 is 0 Å². The fourth-order valence-corrected chi connectivity index (χ4v) is 4.15. The van der Waals surface area contributed by atoms with Crippen LogP contribution in [0.2, 0.25) is 0 Å². The molecule has 0 bridgehead atoms. The molecule has 0 radical (unpaired) electrons. The molecule has 198 valence electrons. The largest absolute Gasteiger partial charge is 0.493 e.